The normalized spacial score (nSPS) is 30.6. The van der Waals surface area contributed by atoms with Gasteiger partial charge in [0, 0.05) is 29.8 Å². The Bertz CT molecular complexity index is 467. The van der Waals surface area contributed by atoms with Crippen LogP contribution >= 0.6 is 11.8 Å². The fourth-order valence-corrected chi connectivity index (χ4v) is 3.98. The number of nitrogens with zero attached hydrogens (tertiary/aromatic N) is 1. The first-order valence-corrected chi connectivity index (χ1v) is 7.41. The van der Waals surface area contributed by atoms with Gasteiger partial charge in [-0.2, -0.15) is 0 Å². The van der Waals surface area contributed by atoms with Crippen molar-refractivity contribution in [1.82, 2.24) is 4.90 Å². The van der Waals surface area contributed by atoms with Crippen LogP contribution in [0, 0.1) is 5.92 Å². The zero-order chi connectivity index (χ0) is 12.7. The fourth-order valence-electron chi connectivity index (χ4n) is 2.76. The number of thioether (sulfide) groups is 1. The third-order valence-electron chi connectivity index (χ3n) is 3.98. The molecule has 1 amide bonds. The van der Waals surface area contributed by atoms with E-state index in [0.717, 1.165) is 12.3 Å². The number of benzene rings is 1. The molecular formula is C14H18N2OS. The van der Waals surface area contributed by atoms with Crippen molar-refractivity contribution in [3.05, 3.63) is 29.8 Å². The summed E-state index contributed by atoms with van der Waals surface area (Å²) in [6.45, 7) is 3.64. The summed E-state index contributed by atoms with van der Waals surface area (Å²) < 4.78 is 0. The summed E-state index contributed by atoms with van der Waals surface area (Å²) in [5.41, 5.74) is 7.20. The van der Waals surface area contributed by atoms with Gasteiger partial charge in [-0.1, -0.05) is 25.1 Å². The molecule has 2 aliphatic heterocycles. The molecule has 0 aromatic heterocycles. The number of carbonyl (C=O) groups excluding carboxylic acids is 1. The van der Waals surface area contributed by atoms with Crippen LogP contribution in [0.15, 0.2) is 29.2 Å². The molecule has 0 bridgehead atoms. The molecule has 3 nitrogen and oxygen atoms in total. The smallest absolute Gasteiger partial charge is 0.231 e. The largest absolute Gasteiger partial charge is 0.340 e. The quantitative estimate of drug-likeness (QED) is 0.837. The Kier molecular flexibility index (Phi) is 3.08. The van der Waals surface area contributed by atoms with Crippen LogP contribution in [0.2, 0.25) is 0 Å². The number of nitrogens with two attached hydrogens (primary N) is 1. The van der Waals surface area contributed by atoms with E-state index < -0.39 is 0 Å². The zero-order valence-electron chi connectivity index (χ0n) is 10.5. The van der Waals surface area contributed by atoms with E-state index in [1.807, 2.05) is 17.0 Å². The number of hydrogen-bond acceptors (Lipinski definition) is 3. The van der Waals surface area contributed by atoms with Crippen molar-refractivity contribution < 1.29 is 4.79 Å². The number of rotatable bonds is 1. The summed E-state index contributed by atoms with van der Waals surface area (Å²) in [5, 5.41) is 0. The molecule has 1 aromatic carbocycles. The van der Waals surface area contributed by atoms with Crippen molar-refractivity contribution in [2.24, 2.45) is 11.7 Å². The Morgan fingerprint density at radius 3 is 2.89 bits per heavy atom. The fraction of sp³-hybridized carbons (Fsp3) is 0.500. The van der Waals surface area contributed by atoms with E-state index in [-0.39, 0.29) is 17.9 Å². The van der Waals surface area contributed by atoms with Crippen molar-refractivity contribution in [2.45, 2.75) is 23.8 Å². The second-order valence-electron chi connectivity index (χ2n) is 5.29. The van der Waals surface area contributed by atoms with Gasteiger partial charge in [0.2, 0.25) is 5.91 Å². The number of carbonyl (C=O) groups is 1. The molecule has 3 unspecified atom stereocenters. The van der Waals surface area contributed by atoms with Gasteiger partial charge in [-0.3, -0.25) is 4.79 Å². The molecular weight excluding hydrogens is 244 g/mol. The maximum Gasteiger partial charge on any atom is 0.231 e. The zero-order valence-corrected chi connectivity index (χ0v) is 11.3. The average molecular weight is 262 g/mol. The minimum atomic E-state index is 0.0312. The van der Waals surface area contributed by atoms with Gasteiger partial charge in [0.05, 0.1) is 5.92 Å². The van der Waals surface area contributed by atoms with E-state index in [1.54, 1.807) is 11.8 Å². The van der Waals surface area contributed by atoms with E-state index in [4.69, 9.17) is 5.73 Å². The van der Waals surface area contributed by atoms with Gasteiger partial charge < -0.3 is 10.6 Å². The van der Waals surface area contributed by atoms with Crippen LogP contribution in [0.1, 0.15) is 18.4 Å². The van der Waals surface area contributed by atoms with Gasteiger partial charge in [0.1, 0.15) is 0 Å². The summed E-state index contributed by atoms with van der Waals surface area (Å²) in [7, 11) is 0. The third-order valence-corrected chi connectivity index (χ3v) is 5.16. The van der Waals surface area contributed by atoms with Crippen LogP contribution in [0.3, 0.4) is 0 Å². The predicted octanol–water partition coefficient (Wildman–Crippen LogP) is 1.68. The average Bonchev–Trinajstić information content (AvgIpc) is 2.93. The second-order valence-corrected chi connectivity index (χ2v) is 6.35. The number of amides is 1. The lowest BCUT2D eigenvalue weighted by molar-refractivity contribution is -0.131. The Morgan fingerprint density at radius 2 is 2.17 bits per heavy atom. The van der Waals surface area contributed by atoms with Gasteiger partial charge in [-0.05, 0) is 17.5 Å². The summed E-state index contributed by atoms with van der Waals surface area (Å²) in [6.07, 6.45) is 0. The van der Waals surface area contributed by atoms with Crippen LogP contribution < -0.4 is 5.73 Å². The lowest BCUT2D eigenvalue weighted by atomic mass is 10.00. The van der Waals surface area contributed by atoms with Crippen LogP contribution in [0.4, 0.5) is 0 Å². The molecule has 2 heterocycles. The van der Waals surface area contributed by atoms with Gasteiger partial charge in [-0.15, -0.1) is 11.8 Å². The first-order chi connectivity index (χ1) is 8.66. The summed E-state index contributed by atoms with van der Waals surface area (Å²) >= 11 is 1.79. The number of hydrogen-bond donors (Lipinski definition) is 1. The van der Waals surface area contributed by atoms with Crippen LogP contribution in [0.5, 0.6) is 0 Å². The van der Waals surface area contributed by atoms with Crippen molar-refractivity contribution in [2.75, 3.05) is 18.8 Å². The van der Waals surface area contributed by atoms with Crippen molar-refractivity contribution in [3.8, 4) is 0 Å². The Morgan fingerprint density at radius 1 is 1.39 bits per heavy atom. The molecule has 0 radical (unpaired) electrons. The molecule has 1 aromatic rings. The monoisotopic (exact) mass is 262 g/mol. The topological polar surface area (TPSA) is 46.3 Å². The van der Waals surface area contributed by atoms with Gasteiger partial charge in [-0.25, -0.2) is 0 Å². The minimum Gasteiger partial charge on any atom is -0.340 e. The summed E-state index contributed by atoms with van der Waals surface area (Å²) in [4.78, 5) is 15.8. The van der Waals surface area contributed by atoms with Crippen LogP contribution in [-0.4, -0.2) is 35.7 Å². The van der Waals surface area contributed by atoms with Gasteiger partial charge in [0.15, 0.2) is 0 Å². The molecule has 3 rings (SSSR count). The van der Waals surface area contributed by atoms with Crippen molar-refractivity contribution in [1.29, 1.82) is 0 Å². The van der Waals surface area contributed by atoms with Gasteiger partial charge >= 0.3 is 0 Å². The molecule has 4 heteroatoms. The molecule has 1 saturated heterocycles. The molecule has 3 atom stereocenters. The maximum absolute atomic E-state index is 12.6. The van der Waals surface area contributed by atoms with E-state index in [1.165, 1.54) is 10.5 Å². The highest BCUT2D eigenvalue weighted by Crippen LogP contribution is 2.40. The van der Waals surface area contributed by atoms with E-state index >= 15 is 0 Å². The number of fused-ring (bicyclic) bond motifs is 1. The third kappa shape index (κ3) is 1.93. The van der Waals surface area contributed by atoms with E-state index in [2.05, 4.69) is 19.1 Å². The molecule has 2 aliphatic rings. The first kappa shape index (κ1) is 12.1. The second kappa shape index (κ2) is 4.59. The summed E-state index contributed by atoms with van der Waals surface area (Å²) in [6, 6.07) is 8.37. The lowest BCUT2D eigenvalue weighted by Crippen LogP contribution is -2.35. The molecule has 0 spiro atoms. The lowest BCUT2D eigenvalue weighted by Gasteiger charge is -2.20. The SMILES string of the molecule is CC1CN(C(=O)C2CSc3ccccc32)CC1N. The molecule has 96 valence electrons. The molecule has 18 heavy (non-hydrogen) atoms. The number of likely N-dealkylation sites (tertiary alicyclic amines) is 1. The predicted molar refractivity (Wildman–Crippen MR) is 73.6 cm³/mol. The van der Waals surface area contributed by atoms with E-state index in [0.29, 0.717) is 12.5 Å². The first-order valence-electron chi connectivity index (χ1n) is 6.43. The van der Waals surface area contributed by atoms with E-state index in [9.17, 15) is 4.79 Å². The highest BCUT2D eigenvalue weighted by molar-refractivity contribution is 7.99. The molecule has 1 fully saturated rings. The highest BCUT2D eigenvalue weighted by Gasteiger charge is 2.36. The Labute approximate surface area is 112 Å². The molecule has 0 aliphatic carbocycles. The van der Waals surface area contributed by atoms with Crippen LogP contribution in [-0.2, 0) is 4.79 Å². The highest BCUT2D eigenvalue weighted by atomic mass is 32.2. The van der Waals surface area contributed by atoms with Crippen LogP contribution in [0.25, 0.3) is 0 Å². The minimum absolute atomic E-state index is 0.0312. The van der Waals surface area contributed by atoms with Crippen molar-refractivity contribution in [3.63, 3.8) is 0 Å². The van der Waals surface area contributed by atoms with Crippen molar-refractivity contribution >= 4 is 17.7 Å². The summed E-state index contributed by atoms with van der Waals surface area (Å²) in [5.74, 6) is 1.58. The maximum atomic E-state index is 12.6. The Hall–Kier alpha value is -1.00. The Balaban J connectivity index is 1.79. The standard InChI is InChI=1S/C14H18N2OS/c1-9-6-16(7-12(9)15)14(17)11-8-18-13-5-3-2-4-10(11)13/h2-5,9,11-12H,6-8,15H2,1H3. The van der Waals surface area contributed by atoms with Gasteiger partial charge in [0.25, 0.3) is 0 Å². The molecule has 0 saturated carbocycles. The molecule has 2 N–H and O–H groups in total.